The van der Waals surface area contributed by atoms with Crippen molar-refractivity contribution in [2.45, 2.75) is 30.3 Å². The summed E-state index contributed by atoms with van der Waals surface area (Å²) in [6.07, 6.45) is -1.09. The Kier molecular flexibility index (Phi) is 10.3. The molecule has 2 aromatic heterocycles. The standard InChI is InChI=1S/C33H29FN6O2S2/c1-21-17-27(23-11-5-3-6-12-23)37-32(35-21)43-19-29(41)39-31(25-15-9-10-16-26(25)34)40-30(42)20-44-33-36-22(2)18-28(38-33)24-13-7-4-8-14-24/h3-18,31H,19-20H2,1-2H3,(H,39,41)(H,40,42). The highest BCUT2D eigenvalue weighted by atomic mass is 32.2. The van der Waals surface area contributed by atoms with E-state index in [1.165, 1.54) is 12.1 Å². The molecule has 0 spiro atoms. The van der Waals surface area contributed by atoms with Crippen LogP contribution in [0, 0.1) is 19.7 Å². The van der Waals surface area contributed by atoms with Crippen LogP contribution in [0.3, 0.4) is 0 Å². The molecule has 5 aromatic rings. The third-order valence-electron chi connectivity index (χ3n) is 6.30. The summed E-state index contributed by atoms with van der Waals surface area (Å²) in [6, 6.07) is 29.1. The van der Waals surface area contributed by atoms with E-state index in [0.29, 0.717) is 10.3 Å². The van der Waals surface area contributed by atoms with Crippen molar-refractivity contribution in [3.05, 3.63) is 120 Å². The van der Waals surface area contributed by atoms with Crippen LogP contribution in [0.25, 0.3) is 22.5 Å². The summed E-state index contributed by atoms with van der Waals surface area (Å²) in [5, 5.41) is 6.37. The van der Waals surface area contributed by atoms with Crippen LogP contribution in [-0.4, -0.2) is 43.3 Å². The van der Waals surface area contributed by atoms with Gasteiger partial charge in [0.25, 0.3) is 0 Å². The Morgan fingerprint density at radius 1 is 0.659 bits per heavy atom. The number of nitrogens with one attached hydrogen (secondary N) is 2. The number of aromatic nitrogens is 4. The van der Waals surface area contributed by atoms with E-state index >= 15 is 0 Å². The van der Waals surface area contributed by atoms with E-state index in [-0.39, 0.29) is 17.1 Å². The van der Waals surface area contributed by atoms with Gasteiger partial charge < -0.3 is 10.6 Å². The molecule has 0 aliphatic carbocycles. The van der Waals surface area contributed by atoms with Gasteiger partial charge in [-0.15, -0.1) is 0 Å². The first-order chi connectivity index (χ1) is 21.3. The van der Waals surface area contributed by atoms with Gasteiger partial charge in [0, 0.05) is 28.1 Å². The molecule has 0 fully saturated rings. The number of aryl methyl sites for hydroxylation is 2. The minimum absolute atomic E-state index is 0.0351. The van der Waals surface area contributed by atoms with Gasteiger partial charge in [0.05, 0.1) is 22.9 Å². The Balaban J connectivity index is 1.24. The van der Waals surface area contributed by atoms with Crippen LogP contribution in [0.15, 0.2) is 107 Å². The number of nitrogens with zero attached hydrogens (tertiary/aromatic N) is 4. The number of hydrogen-bond acceptors (Lipinski definition) is 8. The molecule has 0 atom stereocenters. The molecule has 2 heterocycles. The quantitative estimate of drug-likeness (QED) is 0.102. The first kappa shape index (κ1) is 30.8. The van der Waals surface area contributed by atoms with Crippen molar-refractivity contribution in [3.63, 3.8) is 0 Å². The number of halogens is 1. The third-order valence-corrected chi connectivity index (χ3v) is 7.99. The van der Waals surface area contributed by atoms with Gasteiger partial charge >= 0.3 is 0 Å². The molecule has 222 valence electrons. The maximum Gasteiger partial charge on any atom is 0.232 e. The Bertz CT molecular complexity index is 1650. The van der Waals surface area contributed by atoms with Crippen LogP contribution in [-0.2, 0) is 9.59 Å². The summed E-state index contributed by atoms with van der Waals surface area (Å²) >= 11 is 2.32. The number of amides is 2. The van der Waals surface area contributed by atoms with E-state index in [1.54, 1.807) is 12.1 Å². The van der Waals surface area contributed by atoms with Crippen molar-refractivity contribution in [1.82, 2.24) is 30.6 Å². The molecule has 44 heavy (non-hydrogen) atoms. The zero-order valence-corrected chi connectivity index (χ0v) is 25.7. The SMILES string of the molecule is Cc1cc(-c2ccccc2)nc(SCC(=O)NC(NC(=O)CSc2nc(C)cc(-c3ccccc3)n2)c2ccccc2F)n1. The molecule has 0 saturated carbocycles. The molecule has 0 radical (unpaired) electrons. The van der Waals surface area contributed by atoms with Crippen molar-refractivity contribution in [1.29, 1.82) is 0 Å². The van der Waals surface area contributed by atoms with Gasteiger partial charge in [0.2, 0.25) is 11.8 Å². The van der Waals surface area contributed by atoms with Crippen molar-refractivity contribution < 1.29 is 14.0 Å². The highest BCUT2D eigenvalue weighted by Gasteiger charge is 2.21. The second kappa shape index (κ2) is 14.7. The Labute approximate surface area is 263 Å². The van der Waals surface area contributed by atoms with Crippen LogP contribution in [0.5, 0.6) is 0 Å². The molecular formula is C33H29FN6O2S2. The number of benzene rings is 3. The van der Waals surface area contributed by atoms with Gasteiger partial charge in [-0.1, -0.05) is 102 Å². The van der Waals surface area contributed by atoms with E-state index in [4.69, 9.17) is 0 Å². The Morgan fingerprint density at radius 3 is 1.55 bits per heavy atom. The predicted molar refractivity (Wildman–Crippen MR) is 171 cm³/mol. The zero-order chi connectivity index (χ0) is 30.9. The topological polar surface area (TPSA) is 110 Å². The molecule has 11 heteroatoms. The van der Waals surface area contributed by atoms with Crippen molar-refractivity contribution >= 4 is 35.3 Å². The molecule has 0 bridgehead atoms. The number of hydrogen-bond donors (Lipinski definition) is 2. The van der Waals surface area contributed by atoms with Crippen LogP contribution in [0.4, 0.5) is 4.39 Å². The molecule has 0 aliphatic rings. The van der Waals surface area contributed by atoms with Gasteiger partial charge in [-0.25, -0.2) is 24.3 Å². The van der Waals surface area contributed by atoms with Crippen LogP contribution in [0.2, 0.25) is 0 Å². The van der Waals surface area contributed by atoms with Crippen LogP contribution < -0.4 is 10.6 Å². The lowest BCUT2D eigenvalue weighted by atomic mass is 10.1. The van der Waals surface area contributed by atoms with E-state index < -0.39 is 23.8 Å². The minimum Gasteiger partial charge on any atom is -0.331 e. The average molecular weight is 625 g/mol. The Morgan fingerprint density at radius 2 is 1.09 bits per heavy atom. The fourth-order valence-corrected chi connectivity index (χ4v) is 5.72. The summed E-state index contributed by atoms with van der Waals surface area (Å²) in [5.41, 5.74) is 5.06. The molecule has 5 rings (SSSR count). The fourth-order valence-electron chi connectivity index (χ4n) is 4.29. The van der Waals surface area contributed by atoms with E-state index in [1.807, 2.05) is 86.6 Å². The molecule has 0 aliphatic heterocycles. The summed E-state index contributed by atoms with van der Waals surface area (Å²) in [6.45, 7) is 3.73. The Hall–Kier alpha value is -4.61. The molecule has 0 saturated heterocycles. The minimum atomic E-state index is -1.09. The zero-order valence-electron chi connectivity index (χ0n) is 24.0. The predicted octanol–water partition coefficient (Wildman–Crippen LogP) is 6.17. The fraction of sp³-hybridized carbons (Fsp3) is 0.152. The summed E-state index contributed by atoms with van der Waals surface area (Å²) in [7, 11) is 0. The van der Waals surface area contributed by atoms with Gasteiger partial charge in [-0.05, 0) is 32.0 Å². The molecule has 8 nitrogen and oxygen atoms in total. The maximum atomic E-state index is 14.8. The van der Waals surface area contributed by atoms with Crippen molar-refractivity contribution in [2.75, 3.05) is 11.5 Å². The lowest BCUT2D eigenvalue weighted by Crippen LogP contribution is -2.42. The van der Waals surface area contributed by atoms with E-state index in [0.717, 1.165) is 57.4 Å². The highest BCUT2D eigenvalue weighted by Crippen LogP contribution is 2.24. The lowest BCUT2D eigenvalue weighted by Gasteiger charge is -2.21. The van der Waals surface area contributed by atoms with Crippen LogP contribution in [0.1, 0.15) is 23.1 Å². The van der Waals surface area contributed by atoms with Crippen LogP contribution >= 0.6 is 23.5 Å². The number of thioether (sulfide) groups is 2. The second-order valence-corrected chi connectivity index (χ2v) is 11.6. The summed E-state index contributed by atoms with van der Waals surface area (Å²) < 4.78 is 14.8. The van der Waals surface area contributed by atoms with Crippen molar-refractivity contribution in [3.8, 4) is 22.5 Å². The first-order valence-corrected chi connectivity index (χ1v) is 15.7. The lowest BCUT2D eigenvalue weighted by molar-refractivity contribution is -0.121. The average Bonchev–Trinajstić information content (AvgIpc) is 3.03. The molecular weight excluding hydrogens is 596 g/mol. The van der Waals surface area contributed by atoms with Gasteiger partial charge in [0.15, 0.2) is 10.3 Å². The van der Waals surface area contributed by atoms with Crippen molar-refractivity contribution in [2.24, 2.45) is 0 Å². The smallest absolute Gasteiger partial charge is 0.232 e. The molecule has 2 N–H and O–H groups in total. The second-order valence-electron chi connectivity index (χ2n) is 9.75. The maximum absolute atomic E-state index is 14.8. The van der Waals surface area contributed by atoms with Gasteiger partial charge in [-0.3, -0.25) is 9.59 Å². The number of rotatable bonds is 11. The molecule has 3 aromatic carbocycles. The van der Waals surface area contributed by atoms with Gasteiger partial charge in [-0.2, -0.15) is 0 Å². The third kappa shape index (κ3) is 8.48. The molecule has 2 amide bonds. The number of carbonyl (C=O) groups excluding carboxylic acids is 2. The number of carbonyl (C=O) groups is 2. The molecule has 0 unspecified atom stereocenters. The van der Waals surface area contributed by atoms with E-state index in [9.17, 15) is 14.0 Å². The van der Waals surface area contributed by atoms with E-state index in [2.05, 4.69) is 30.6 Å². The monoisotopic (exact) mass is 624 g/mol. The largest absolute Gasteiger partial charge is 0.331 e. The highest BCUT2D eigenvalue weighted by molar-refractivity contribution is 8.00. The van der Waals surface area contributed by atoms with Gasteiger partial charge in [0.1, 0.15) is 12.0 Å². The summed E-state index contributed by atoms with van der Waals surface area (Å²) in [5.74, 6) is -1.46. The summed E-state index contributed by atoms with van der Waals surface area (Å²) in [4.78, 5) is 44.1. The normalized spacial score (nSPS) is 10.9. The first-order valence-electron chi connectivity index (χ1n) is 13.7.